The third-order valence-corrected chi connectivity index (χ3v) is 6.71. The van der Waals surface area contributed by atoms with Crippen molar-refractivity contribution < 1.29 is 17.6 Å². The van der Waals surface area contributed by atoms with Crippen LogP contribution in [0.4, 0.5) is 0 Å². The van der Waals surface area contributed by atoms with Gasteiger partial charge in [-0.05, 0) is 12.8 Å². The minimum atomic E-state index is -3.70. The Balaban J connectivity index is 1.91. The molecule has 1 aliphatic rings. The van der Waals surface area contributed by atoms with Crippen molar-refractivity contribution in [3.8, 4) is 0 Å². The van der Waals surface area contributed by atoms with Gasteiger partial charge in [0.05, 0.1) is 18.0 Å². The van der Waals surface area contributed by atoms with Crippen LogP contribution in [0.25, 0.3) is 0 Å². The molecule has 2 aromatic rings. The summed E-state index contributed by atoms with van der Waals surface area (Å²) in [5.74, 6) is 0.933. The highest BCUT2D eigenvalue weighted by atomic mass is 32.2. The average Bonchev–Trinajstić information content (AvgIpc) is 3.26. The summed E-state index contributed by atoms with van der Waals surface area (Å²) in [6.45, 7) is 8.45. The van der Waals surface area contributed by atoms with E-state index in [1.165, 1.54) is 4.31 Å². The molecular weight excluding hydrogens is 370 g/mol. The van der Waals surface area contributed by atoms with Gasteiger partial charge in [-0.25, -0.2) is 8.42 Å². The Hall–Kier alpha value is -1.78. The molecule has 27 heavy (non-hydrogen) atoms. The topological polar surface area (TPSA) is 103 Å². The molecule has 1 aliphatic heterocycles. The molecule has 3 heterocycles. The quantitative estimate of drug-likeness (QED) is 0.732. The van der Waals surface area contributed by atoms with Gasteiger partial charge < -0.3 is 9.15 Å². The highest BCUT2D eigenvalue weighted by Crippen LogP contribution is 2.30. The molecule has 3 rings (SSSR count). The van der Waals surface area contributed by atoms with E-state index in [4.69, 9.17) is 9.15 Å². The first kappa shape index (κ1) is 20.0. The van der Waals surface area contributed by atoms with E-state index in [0.29, 0.717) is 35.2 Å². The van der Waals surface area contributed by atoms with Crippen LogP contribution in [0, 0.1) is 0 Å². The Bertz CT molecular complexity index is 903. The zero-order valence-corrected chi connectivity index (χ0v) is 17.3. The van der Waals surface area contributed by atoms with Crippen LogP contribution in [-0.2, 0) is 34.6 Å². The maximum Gasteiger partial charge on any atom is 0.246 e. The van der Waals surface area contributed by atoms with Crippen LogP contribution in [-0.4, -0.2) is 52.4 Å². The molecule has 2 aromatic heterocycles. The molecule has 0 aromatic carbocycles. The molecular formula is C17H27N5O4S. The number of ether oxygens (including phenoxy) is 1. The van der Waals surface area contributed by atoms with Crippen molar-refractivity contribution in [1.82, 2.24) is 24.3 Å². The van der Waals surface area contributed by atoms with Gasteiger partial charge in [-0.3, -0.25) is 4.68 Å². The van der Waals surface area contributed by atoms with Crippen molar-refractivity contribution in [2.24, 2.45) is 7.05 Å². The van der Waals surface area contributed by atoms with E-state index in [1.807, 2.05) is 27.7 Å². The van der Waals surface area contributed by atoms with Gasteiger partial charge >= 0.3 is 0 Å². The summed E-state index contributed by atoms with van der Waals surface area (Å²) in [6, 6.07) is 0. The maximum atomic E-state index is 13.4. The van der Waals surface area contributed by atoms with E-state index in [0.717, 1.165) is 5.69 Å². The zero-order chi connectivity index (χ0) is 19.8. The Morgan fingerprint density at radius 3 is 2.56 bits per heavy atom. The molecule has 0 spiro atoms. The van der Waals surface area contributed by atoms with Gasteiger partial charge in [0.25, 0.3) is 0 Å². The average molecular weight is 398 g/mol. The fraction of sp³-hybridized carbons (Fsp3) is 0.706. The SMILES string of the molecule is CCc1nn(C)c(CC)c1S(=O)(=O)N1CCO[C@@H](c2nnc(C(C)C)o2)C1. The number of hydrogen-bond donors (Lipinski definition) is 0. The van der Waals surface area contributed by atoms with Crippen molar-refractivity contribution in [3.05, 3.63) is 23.2 Å². The lowest BCUT2D eigenvalue weighted by Gasteiger charge is -2.30. The van der Waals surface area contributed by atoms with Crippen molar-refractivity contribution >= 4 is 10.0 Å². The van der Waals surface area contributed by atoms with E-state index >= 15 is 0 Å². The zero-order valence-electron chi connectivity index (χ0n) is 16.5. The number of nitrogens with zero attached hydrogens (tertiary/aromatic N) is 5. The van der Waals surface area contributed by atoms with Gasteiger partial charge in [-0.2, -0.15) is 9.40 Å². The summed E-state index contributed by atoms with van der Waals surface area (Å²) in [7, 11) is -1.91. The molecule has 0 aliphatic carbocycles. The second kappa shape index (κ2) is 7.69. The van der Waals surface area contributed by atoms with E-state index < -0.39 is 16.1 Å². The van der Waals surface area contributed by atoms with Gasteiger partial charge in [0.2, 0.25) is 21.8 Å². The second-order valence-electron chi connectivity index (χ2n) is 6.91. The highest BCUT2D eigenvalue weighted by molar-refractivity contribution is 7.89. The molecule has 0 amide bonds. The van der Waals surface area contributed by atoms with E-state index in [2.05, 4.69) is 15.3 Å². The Labute approximate surface area is 159 Å². The lowest BCUT2D eigenvalue weighted by Crippen LogP contribution is -2.42. The predicted molar refractivity (Wildman–Crippen MR) is 97.8 cm³/mol. The Morgan fingerprint density at radius 2 is 1.96 bits per heavy atom. The number of hydrogen-bond acceptors (Lipinski definition) is 7. The fourth-order valence-corrected chi connectivity index (χ4v) is 5.21. The van der Waals surface area contributed by atoms with Gasteiger partial charge in [0, 0.05) is 26.1 Å². The molecule has 0 radical (unpaired) electrons. The molecule has 1 fully saturated rings. The largest absolute Gasteiger partial charge is 0.422 e. The second-order valence-corrected chi connectivity index (χ2v) is 8.78. The monoisotopic (exact) mass is 397 g/mol. The van der Waals surface area contributed by atoms with Crippen molar-refractivity contribution in [1.29, 1.82) is 0 Å². The minimum absolute atomic E-state index is 0.101. The molecule has 9 nitrogen and oxygen atoms in total. The Kier molecular flexibility index (Phi) is 5.68. The first-order valence-corrected chi connectivity index (χ1v) is 10.7. The normalized spacial score (nSPS) is 19.1. The van der Waals surface area contributed by atoms with Crippen molar-refractivity contribution in [3.63, 3.8) is 0 Å². The molecule has 150 valence electrons. The van der Waals surface area contributed by atoms with Crippen molar-refractivity contribution in [2.45, 2.75) is 57.5 Å². The molecule has 10 heteroatoms. The van der Waals surface area contributed by atoms with Crippen molar-refractivity contribution in [2.75, 3.05) is 19.7 Å². The number of aromatic nitrogens is 4. The predicted octanol–water partition coefficient (Wildman–Crippen LogP) is 1.81. The van der Waals surface area contributed by atoms with Crippen LogP contribution in [0.15, 0.2) is 9.31 Å². The van der Waals surface area contributed by atoms with Gasteiger partial charge in [-0.15, -0.1) is 10.2 Å². The number of aryl methyl sites for hydroxylation is 2. The van der Waals surface area contributed by atoms with Gasteiger partial charge in [0.1, 0.15) is 11.0 Å². The van der Waals surface area contributed by atoms with Crippen LogP contribution in [0.3, 0.4) is 0 Å². The smallest absolute Gasteiger partial charge is 0.246 e. The summed E-state index contributed by atoms with van der Waals surface area (Å²) in [5.41, 5.74) is 1.31. The lowest BCUT2D eigenvalue weighted by molar-refractivity contribution is -0.0179. The van der Waals surface area contributed by atoms with Crippen LogP contribution in [0.1, 0.15) is 62.9 Å². The molecule has 0 N–H and O–H groups in total. The van der Waals surface area contributed by atoms with Crippen LogP contribution in [0.2, 0.25) is 0 Å². The summed E-state index contributed by atoms with van der Waals surface area (Å²) < 4.78 is 41.3. The van der Waals surface area contributed by atoms with Crippen LogP contribution < -0.4 is 0 Å². The number of morpholine rings is 1. The highest BCUT2D eigenvalue weighted by Gasteiger charge is 2.37. The molecule has 0 saturated carbocycles. The van der Waals surface area contributed by atoms with Crippen LogP contribution in [0.5, 0.6) is 0 Å². The minimum Gasteiger partial charge on any atom is -0.422 e. The number of sulfonamides is 1. The summed E-state index contributed by atoms with van der Waals surface area (Å²) in [5, 5.41) is 12.5. The number of rotatable bonds is 6. The fourth-order valence-electron chi connectivity index (χ4n) is 3.25. The van der Waals surface area contributed by atoms with E-state index in [-0.39, 0.29) is 25.6 Å². The summed E-state index contributed by atoms with van der Waals surface area (Å²) in [4.78, 5) is 0.323. The van der Waals surface area contributed by atoms with Gasteiger partial charge in [0.15, 0.2) is 0 Å². The Morgan fingerprint density at radius 1 is 1.22 bits per heavy atom. The summed E-state index contributed by atoms with van der Waals surface area (Å²) in [6.07, 6.45) is 0.575. The molecule has 1 atom stereocenters. The standard InChI is InChI=1S/C17H27N5O4S/c1-6-12-15(13(7-2)21(5)20-12)27(23,24)22-8-9-25-14(10-22)17-19-18-16(26-17)11(3)4/h11,14H,6-10H2,1-5H3/t14-/m1/s1. The molecule has 0 unspecified atom stereocenters. The first-order valence-electron chi connectivity index (χ1n) is 9.29. The molecule has 1 saturated heterocycles. The third kappa shape index (κ3) is 3.65. The third-order valence-electron chi connectivity index (χ3n) is 4.71. The first-order chi connectivity index (χ1) is 12.8. The van der Waals surface area contributed by atoms with E-state index in [1.54, 1.807) is 11.7 Å². The van der Waals surface area contributed by atoms with Crippen LogP contribution >= 0.6 is 0 Å². The van der Waals surface area contributed by atoms with E-state index in [9.17, 15) is 8.42 Å². The van der Waals surface area contributed by atoms with Gasteiger partial charge in [-0.1, -0.05) is 27.7 Å². The molecule has 0 bridgehead atoms. The maximum absolute atomic E-state index is 13.4. The lowest BCUT2D eigenvalue weighted by atomic mass is 10.2. The summed E-state index contributed by atoms with van der Waals surface area (Å²) >= 11 is 0.